The highest BCUT2D eigenvalue weighted by Crippen LogP contribution is 2.31. The van der Waals surface area contributed by atoms with E-state index in [-0.39, 0.29) is 11.7 Å². The van der Waals surface area contributed by atoms with E-state index in [1.165, 1.54) is 11.8 Å². The summed E-state index contributed by atoms with van der Waals surface area (Å²) in [4.78, 5) is 13.6. The molecule has 0 aliphatic heterocycles. The molecule has 0 aliphatic rings. The van der Waals surface area contributed by atoms with Gasteiger partial charge in [0.25, 0.3) is 0 Å². The number of methoxy groups -OCH3 is 1. The number of para-hydroxylation sites is 2. The Morgan fingerprint density at radius 2 is 1.87 bits per heavy atom. The molecule has 0 saturated heterocycles. The number of allylic oxidation sites excluding steroid dienone is 1. The number of benzene rings is 2. The number of nitrogens with one attached hydrogen (secondary N) is 1. The zero-order valence-corrected chi connectivity index (χ0v) is 18.9. The lowest BCUT2D eigenvalue weighted by Crippen LogP contribution is -2.15. The number of carbonyl (C=O) groups is 1. The maximum atomic E-state index is 12.6. The number of anilines is 1. The van der Waals surface area contributed by atoms with E-state index >= 15 is 0 Å². The number of hydrogen-bond acceptors (Lipinski definition) is 6. The predicted molar refractivity (Wildman–Crippen MR) is 129 cm³/mol. The minimum Gasteiger partial charge on any atom is -0.496 e. The first-order valence-corrected chi connectivity index (χ1v) is 11.6. The second-order valence-electron chi connectivity index (χ2n) is 6.34. The highest BCUT2D eigenvalue weighted by molar-refractivity contribution is 8.00. The second-order valence-corrected chi connectivity index (χ2v) is 8.34. The normalized spacial score (nSPS) is 10.5. The van der Waals surface area contributed by atoms with Crippen LogP contribution in [-0.4, -0.2) is 39.3 Å². The number of amides is 1. The van der Waals surface area contributed by atoms with E-state index in [1.54, 1.807) is 24.9 Å². The van der Waals surface area contributed by atoms with E-state index in [4.69, 9.17) is 4.74 Å². The first-order valence-electron chi connectivity index (χ1n) is 9.60. The van der Waals surface area contributed by atoms with Gasteiger partial charge in [-0.3, -0.25) is 9.36 Å². The molecule has 0 unspecified atom stereocenters. The van der Waals surface area contributed by atoms with Crippen LogP contribution in [0.1, 0.15) is 0 Å². The first kappa shape index (κ1) is 22.7. The van der Waals surface area contributed by atoms with Crippen molar-refractivity contribution in [3.8, 4) is 17.1 Å². The molecule has 0 atom stereocenters. The summed E-state index contributed by atoms with van der Waals surface area (Å²) in [5, 5.41) is 12.3. The lowest BCUT2D eigenvalue weighted by Gasteiger charge is -2.11. The van der Waals surface area contributed by atoms with Crippen molar-refractivity contribution in [1.82, 2.24) is 14.8 Å². The summed E-state index contributed by atoms with van der Waals surface area (Å²) in [6, 6.07) is 15.4. The van der Waals surface area contributed by atoms with Gasteiger partial charge in [0.05, 0.1) is 24.1 Å². The van der Waals surface area contributed by atoms with Gasteiger partial charge >= 0.3 is 0 Å². The quantitative estimate of drug-likeness (QED) is 0.321. The molecule has 2 aromatic carbocycles. The van der Waals surface area contributed by atoms with Crippen LogP contribution in [0.3, 0.4) is 0 Å². The number of hydrogen-bond donors (Lipinski definition) is 1. The molecule has 0 aliphatic carbocycles. The van der Waals surface area contributed by atoms with Gasteiger partial charge in [0.2, 0.25) is 5.91 Å². The van der Waals surface area contributed by atoms with E-state index in [1.807, 2.05) is 59.2 Å². The van der Waals surface area contributed by atoms with Crippen molar-refractivity contribution in [1.29, 1.82) is 0 Å². The van der Waals surface area contributed by atoms with Gasteiger partial charge < -0.3 is 10.1 Å². The van der Waals surface area contributed by atoms with Gasteiger partial charge in [0.15, 0.2) is 11.0 Å². The molecular formula is C23H24N4O2S2. The number of rotatable bonds is 11. The lowest BCUT2D eigenvalue weighted by molar-refractivity contribution is -0.113. The van der Waals surface area contributed by atoms with Crippen LogP contribution in [0.4, 0.5) is 5.69 Å². The molecule has 1 aromatic heterocycles. The van der Waals surface area contributed by atoms with Gasteiger partial charge in [-0.1, -0.05) is 48.2 Å². The zero-order valence-electron chi connectivity index (χ0n) is 17.3. The summed E-state index contributed by atoms with van der Waals surface area (Å²) in [6.07, 6.45) is 3.62. The van der Waals surface area contributed by atoms with Crippen LogP contribution in [0.5, 0.6) is 5.75 Å². The van der Waals surface area contributed by atoms with Crippen LogP contribution in [0, 0.1) is 0 Å². The van der Waals surface area contributed by atoms with Gasteiger partial charge in [-0.15, -0.1) is 35.1 Å². The van der Waals surface area contributed by atoms with Crippen molar-refractivity contribution in [3.63, 3.8) is 0 Å². The van der Waals surface area contributed by atoms with Crippen molar-refractivity contribution in [3.05, 3.63) is 73.8 Å². The number of thioether (sulfide) groups is 2. The highest BCUT2D eigenvalue weighted by atomic mass is 32.2. The standard InChI is InChI=1S/C23H24N4O2S2/c1-4-14-27-22(17-10-6-8-12-19(17)29-3)25-26-23(27)31-16-21(28)24-18-11-7-9-13-20(18)30-15-5-2/h4-13H,1-2,14-16H2,3H3,(H,24,28). The molecule has 0 bridgehead atoms. The van der Waals surface area contributed by atoms with Crippen LogP contribution in [-0.2, 0) is 11.3 Å². The van der Waals surface area contributed by atoms with Crippen molar-refractivity contribution in [2.24, 2.45) is 0 Å². The Morgan fingerprint density at radius 3 is 2.65 bits per heavy atom. The van der Waals surface area contributed by atoms with Crippen molar-refractivity contribution < 1.29 is 9.53 Å². The number of nitrogens with zero attached hydrogens (tertiary/aromatic N) is 3. The molecule has 0 spiro atoms. The Morgan fingerprint density at radius 1 is 1.10 bits per heavy atom. The molecule has 1 amide bonds. The fraction of sp³-hybridized carbons (Fsp3) is 0.174. The molecule has 31 heavy (non-hydrogen) atoms. The lowest BCUT2D eigenvalue weighted by atomic mass is 10.2. The van der Waals surface area contributed by atoms with E-state index in [2.05, 4.69) is 28.7 Å². The fourth-order valence-electron chi connectivity index (χ4n) is 2.88. The maximum absolute atomic E-state index is 12.6. The van der Waals surface area contributed by atoms with E-state index in [9.17, 15) is 4.79 Å². The third kappa shape index (κ3) is 5.80. The third-order valence-corrected chi connectivity index (χ3v) is 6.26. The molecule has 1 N–H and O–H groups in total. The van der Waals surface area contributed by atoms with E-state index in [0.29, 0.717) is 23.3 Å². The Labute approximate surface area is 190 Å². The SMILES string of the molecule is C=CCSc1ccccc1NC(=O)CSc1nnc(-c2ccccc2OC)n1CC=C. The molecule has 1 heterocycles. The molecule has 160 valence electrons. The van der Waals surface area contributed by atoms with Crippen LogP contribution >= 0.6 is 23.5 Å². The number of aromatic nitrogens is 3. The van der Waals surface area contributed by atoms with Gasteiger partial charge in [0, 0.05) is 17.2 Å². The van der Waals surface area contributed by atoms with Gasteiger partial charge in [-0.2, -0.15) is 0 Å². The van der Waals surface area contributed by atoms with Crippen molar-refractivity contribution in [2.75, 3.05) is 23.9 Å². The van der Waals surface area contributed by atoms with Gasteiger partial charge in [-0.25, -0.2) is 0 Å². The van der Waals surface area contributed by atoms with E-state index in [0.717, 1.165) is 21.9 Å². The fourth-order valence-corrected chi connectivity index (χ4v) is 4.37. The van der Waals surface area contributed by atoms with Gasteiger partial charge in [0.1, 0.15) is 5.75 Å². The Bertz CT molecular complexity index is 1070. The summed E-state index contributed by atoms with van der Waals surface area (Å²) in [5.41, 5.74) is 1.63. The average Bonchev–Trinajstić information content (AvgIpc) is 3.19. The summed E-state index contributed by atoms with van der Waals surface area (Å²) in [6.45, 7) is 8.10. The molecule has 6 nitrogen and oxygen atoms in total. The van der Waals surface area contributed by atoms with Crippen LogP contribution in [0.2, 0.25) is 0 Å². The third-order valence-electron chi connectivity index (χ3n) is 4.23. The molecule has 3 rings (SSSR count). The molecule has 3 aromatic rings. The first-order chi connectivity index (χ1) is 15.2. The zero-order chi connectivity index (χ0) is 22.1. The average molecular weight is 453 g/mol. The number of ether oxygens (including phenoxy) is 1. The van der Waals surface area contributed by atoms with Crippen LogP contribution < -0.4 is 10.1 Å². The maximum Gasteiger partial charge on any atom is 0.234 e. The van der Waals surface area contributed by atoms with Crippen molar-refractivity contribution in [2.45, 2.75) is 16.6 Å². The minimum atomic E-state index is -0.108. The second kappa shape index (κ2) is 11.4. The Hall–Kier alpha value is -2.97. The largest absolute Gasteiger partial charge is 0.496 e. The number of carbonyl (C=O) groups excluding carboxylic acids is 1. The molecular weight excluding hydrogens is 428 g/mol. The van der Waals surface area contributed by atoms with E-state index < -0.39 is 0 Å². The summed E-state index contributed by atoms with van der Waals surface area (Å²) < 4.78 is 7.39. The molecule has 0 radical (unpaired) electrons. The topological polar surface area (TPSA) is 69.0 Å². The minimum absolute atomic E-state index is 0.108. The smallest absolute Gasteiger partial charge is 0.234 e. The highest BCUT2D eigenvalue weighted by Gasteiger charge is 2.18. The molecule has 8 heteroatoms. The summed E-state index contributed by atoms with van der Waals surface area (Å²) in [5.74, 6) is 2.26. The molecule has 0 saturated carbocycles. The summed E-state index contributed by atoms with van der Waals surface area (Å²) in [7, 11) is 1.62. The van der Waals surface area contributed by atoms with Crippen molar-refractivity contribution >= 4 is 35.1 Å². The monoisotopic (exact) mass is 452 g/mol. The van der Waals surface area contributed by atoms with Crippen LogP contribution in [0.15, 0.2) is 83.9 Å². The predicted octanol–water partition coefficient (Wildman–Crippen LogP) is 5.15. The van der Waals surface area contributed by atoms with Gasteiger partial charge in [-0.05, 0) is 24.3 Å². The Kier molecular flexibility index (Phi) is 8.37. The molecule has 0 fully saturated rings. The van der Waals surface area contributed by atoms with Crippen LogP contribution in [0.25, 0.3) is 11.4 Å². The Balaban J connectivity index is 1.74. The summed E-state index contributed by atoms with van der Waals surface area (Å²) >= 11 is 2.96.